The number of aliphatic hydroxyl groups excluding tert-OH is 1. The van der Waals surface area contributed by atoms with E-state index in [1.165, 1.54) is 12.5 Å². The Balaban J connectivity index is 2.06. The first-order valence-electron chi connectivity index (χ1n) is 9.02. The van der Waals surface area contributed by atoms with E-state index in [1.807, 2.05) is 13.0 Å². The third-order valence-electron chi connectivity index (χ3n) is 7.04. The van der Waals surface area contributed by atoms with Crippen molar-refractivity contribution < 1.29 is 15.0 Å². The number of fused-ring (bicyclic) bond motifs is 1. The third-order valence-corrected chi connectivity index (χ3v) is 7.49. The van der Waals surface area contributed by atoms with Gasteiger partial charge in [0.15, 0.2) is 5.78 Å². The highest BCUT2D eigenvalue weighted by Gasteiger charge is 2.57. The van der Waals surface area contributed by atoms with E-state index in [1.54, 1.807) is 0 Å². The first-order chi connectivity index (χ1) is 11.0. The van der Waals surface area contributed by atoms with Crippen LogP contribution in [0.4, 0.5) is 0 Å². The SMILES string of the molecule is CC1(C)CCC[C@]2(C)[C@@H](/C=C3\C(O)=CC(=O)C3Cl)[C@@](C)(O)CC[C@@H]12. The van der Waals surface area contributed by atoms with E-state index in [4.69, 9.17) is 11.6 Å². The Morgan fingerprint density at radius 2 is 1.88 bits per heavy atom. The van der Waals surface area contributed by atoms with Crippen molar-refractivity contribution in [2.45, 2.75) is 70.8 Å². The van der Waals surface area contributed by atoms with E-state index in [0.29, 0.717) is 11.5 Å². The molecule has 0 aromatic rings. The normalized spacial score (nSPS) is 46.8. The molecule has 0 bridgehead atoms. The molecule has 1 unspecified atom stereocenters. The highest BCUT2D eigenvalue weighted by Crippen LogP contribution is 2.62. The Kier molecular flexibility index (Phi) is 4.20. The zero-order valence-corrected chi connectivity index (χ0v) is 15.9. The molecular weight excluding hydrogens is 324 g/mol. The minimum absolute atomic E-state index is 0.0448. The molecule has 0 aromatic heterocycles. The topological polar surface area (TPSA) is 57.5 Å². The van der Waals surface area contributed by atoms with Crippen LogP contribution < -0.4 is 0 Å². The lowest BCUT2D eigenvalue weighted by atomic mass is 9.45. The predicted molar refractivity (Wildman–Crippen MR) is 96.0 cm³/mol. The van der Waals surface area contributed by atoms with Crippen LogP contribution in [0.2, 0.25) is 0 Å². The van der Waals surface area contributed by atoms with Crippen LogP contribution in [0.3, 0.4) is 0 Å². The molecule has 3 nitrogen and oxygen atoms in total. The van der Waals surface area contributed by atoms with Crippen molar-refractivity contribution in [2.75, 3.05) is 0 Å². The van der Waals surface area contributed by atoms with Crippen molar-refractivity contribution in [3.8, 4) is 0 Å². The average molecular weight is 353 g/mol. The van der Waals surface area contributed by atoms with Gasteiger partial charge in [0.25, 0.3) is 0 Å². The van der Waals surface area contributed by atoms with Gasteiger partial charge in [-0.1, -0.05) is 33.3 Å². The number of alkyl halides is 1. The Bertz CT molecular complexity index is 616. The molecule has 0 radical (unpaired) electrons. The molecule has 3 aliphatic carbocycles. The standard InChI is InChI=1S/C20H29ClO3/c1-18(2)7-5-8-19(3)15(18)6-9-20(4,24)16(19)10-12-13(22)11-14(23)17(12)21/h10-11,15-17,22,24H,5-9H2,1-4H3/b12-10+/t15-,16+,17?,19-,20-/m0/s1. The fraction of sp³-hybridized carbons (Fsp3) is 0.750. The molecule has 5 atom stereocenters. The lowest BCUT2D eigenvalue weighted by molar-refractivity contribution is -0.149. The number of halogens is 1. The van der Waals surface area contributed by atoms with E-state index in [2.05, 4.69) is 20.8 Å². The van der Waals surface area contributed by atoms with Crippen LogP contribution >= 0.6 is 11.6 Å². The zero-order chi connectivity index (χ0) is 17.9. The second kappa shape index (κ2) is 5.60. The maximum Gasteiger partial charge on any atom is 0.181 e. The third kappa shape index (κ3) is 2.64. The molecule has 2 fully saturated rings. The van der Waals surface area contributed by atoms with Crippen LogP contribution in [-0.4, -0.2) is 27.0 Å². The number of ketones is 1. The summed E-state index contributed by atoms with van der Waals surface area (Å²) in [5.41, 5.74) is -0.200. The van der Waals surface area contributed by atoms with Crippen LogP contribution in [0.25, 0.3) is 0 Å². The first kappa shape index (κ1) is 18.0. The van der Waals surface area contributed by atoms with Crippen LogP contribution in [-0.2, 0) is 4.79 Å². The molecule has 0 spiro atoms. The van der Waals surface area contributed by atoms with Gasteiger partial charge in [-0.05, 0) is 49.4 Å². The minimum atomic E-state index is -0.853. The summed E-state index contributed by atoms with van der Waals surface area (Å²) in [6.07, 6.45) is 8.25. The van der Waals surface area contributed by atoms with E-state index in [9.17, 15) is 15.0 Å². The molecule has 0 aromatic carbocycles. The second-order valence-corrected chi connectivity index (χ2v) is 9.63. The van der Waals surface area contributed by atoms with Gasteiger partial charge in [0, 0.05) is 17.6 Å². The molecule has 3 rings (SSSR count). The molecule has 0 amide bonds. The summed E-state index contributed by atoms with van der Waals surface area (Å²) < 4.78 is 0. The van der Waals surface area contributed by atoms with Gasteiger partial charge in [0.2, 0.25) is 0 Å². The van der Waals surface area contributed by atoms with E-state index in [0.717, 1.165) is 25.7 Å². The number of carbonyl (C=O) groups excluding carboxylic acids is 1. The van der Waals surface area contributed by atoms with Crippen LogP contribution in [0.15, 0.2) is 23.5 Å². The van der Waals surface area contributed by atoms with E-state index in [-0.39, 0.29) is 28.3 Å². The van der Waals surface area contributed by atoms with E-state index < -0.39 is 11.0 Å². The van der Waals surface area contributed by atoms with Crippen molar-refractivity contribution >= 4 is 17.4 Å². The largest absolute Gasteiger partial charge is 0.507 e. The summed E-state index contributed by atoms with van der Waals surface area (Å²) in [6, 6.07) is 0. The fourth-order valence-corrected chi connectivity index (χ4v) is 6.10. The number of carbonyl (C=O) groups is 1. The minimum Gasteiger partial charge on any atom is -0.507 e. The maximum atomic E-state index is 11.8. The molecule has 134 valence electrons. The summed E-state index contributed by atoms with van der Waals surface area (Å²) in [7, 11) is 0. The monoisotopic (exact) mass is 352 g/mol. The van der Waals surface area contributed by atoms with Gasteiger partial charge in [-0.2, -0.15) is 0 Å². The number of hydrogen-bond donors (Lipinski definition) is 2. The van der Waals surface area contributed by atoms with Crippen molar-refractivity contribution in [2.24, 2.45) is 22.7 Å². The Hall–Kier alpha value is -0.800. The number of hydrogen-bond acceptors (Lipinski definition) is 3. The number of rotatable bonds is 1. The molecule has 3 aliphatic rings. The summed E-state index contributed by atoms with van der Waals surface area (Å²) in [6.45, 7) is 8.83. The molecule has 4 heteroatoms. The van der Waals surface area contributed by atoms with E-state index >= 15 is 0 Å². The molecule has 24 heavy (non-hydrogen) atoms. The van der Waals surface area contributed by atoms with Gasteiger partial charge in [-0.25, -0.2) is 0 Å². The van der Waals surface area contributed by atoms with Gasteiger partial charge in [-0.3, -0.25) is 4.79 Å². The van der Waals surface area contributed by atoms with Crippen molar-refractivity contribution in [1.29, 1.82) is 0 Å². The lowest BCUT2D eigenvalue weighted by Gasteiger charge is -2.60. The summed E-state index contributed by atoms with van der Waals surface area (Å²) >= 11 is 6.20. The van der Waals surface area contributed by atoms with Crippen LogP contribution in [0, 0.1) is 22.7 Å². The molecule has 0 heterocycles. The van der Waals surface area contributed by atoms with Crippen molar-refractivity contribution in [3.63, 3.8) is 0 Å². The second-order valence-electron chi connectivity index (χ2n) is 9.19. The van der Waals surface area contributed by atoms with Gasteiger partial charge < -0.3 is 10.2 Å². The number of aliphatic hydroxyl groups is 2. The Labute approximate surface area is 149 Å². The predicted octanol–water partition coefficient (Wildman–Crippen LogP) is 4.54. The van der Waals surface area contributed by atoms with Crippen LogP contribution in [0.1, 0.15) is 59.8 Å². The molecule has 2 saturated carbocycles. The van der Waals surface area contributed by atoms with Gasteiger partial charge in [0.1, 0.15) is 11.1 Å². The smallest absolute Gasteiger partial charge is 0.181 e. The van der Waals surface area contributed by atoms with Crippen LogP contribution in [0.5, 0.6) is 0 Å². The summed E-state index contributed by atoms with van der Waals surface area (Å²) in [4.78, 5) is 11.8. The van der Waals surface area contributed by atoms with Crippen molar-refractivity contribution in [3.05, 3.63) is 23.5 Å². The fourth-order valence-electron chi connectivity index (χ4n) is 5.85. The highest BCUT2D eigenvalue weighted by atomic mass is 35.5. The summed E-state index contributed by atoms with van der Waals surface area (Å²) in [5.74, 6) is 0.0667. The van der Waals surface area contributed by atoms with Gasteiger partial charge >= 0.3 is 0 Å². The lowest BCUT2D eigenvalue weighted by Crippen LogP contribution is -2.57. The quantitative estimate of drug-likeness (QED) is 0.681. The molecular formula is C20H29ClO3. The first-order valence-corrected chi connectivity index (χ1v) is 9.46. The van der Waals surface area contributed by atoms with Gasteiger partial charge in [0.05, 0.1) is 5.60 Å². The average Bonchev–Trinajstić information content (AvgIpc) is 2.67. The molecule has 0 saturated heterocycles. The Morgan fingerprint density at radius 3 is 2.46 bits per heavy atom. The summed E-state index contributed by atoms with van der Waals surface area (Å²) in [5, 5.41) is 20.4. The van der Waals surface area contributed by atoms with Crippen molar-refractivity contribution in [1.82, 2.24) is 0 Å². The molecule has 2 N–H and O–H groups in total. The molecule has 0 aliphatic heterocycles. The van der Waals surface area contributed by atoms with Gasteiger partial charge in [-0.15, -0.1) is 11.6 Å². The number of allylic oxidation sites excluding steroid dienone is 2. The maximum absolute atomic E-state index is 11.8. The Morgan fingerprint density at radius 1 is 1.21 bits per heavy atom. The highest BCUT2D eigenvalue weighted by molar-refractivity contribution is 6.36. The zero-order valence-electron chi connectivity index (χ0n) is 15.1.